The Kier molecular flexibility index (Phi) is 6.91. The van der Waals surface area contributed by atoms with E-state index in [1.54, 1.807) is 6.07 Å². The molecule has 0 saturated heterocycles. The van der Waals surface area contributed by atoms with Crippen molar-refractivity contribution >= 4 is 34.9 Å². The van der Waals surface area contributed by atoms with Crippen LogP contribution in [0.2, 0.25) is 10.0 Å². The molecule has 0 aliphatic heterocycles. The maximum Gasteiger partial charge on any atom is 0.306 e. The van der Waals surface area contributed by atoms with Crippen molar-refractivity contribution in [1.29, 1.82) is 0 Å². The molecule has 0 unspecified atom stereocenters. The van der Waals surface area contributed by atoms with Crippen molar-refractivity contribution in [3.8, 4) is 0 Å². The summed E-state index contributed by atoms with van der Waals surface area (Å²) in [6.07, 6.45) is -0.485. The molecule has 2 aromatic carbocycles. The lowest BCUT2D eigenvalue weighted by Crippen LogP contribution is -2.10. The first-order chi connectivity index (χ1) is 11.5. The van der Waals surface area contributed by atoms with E-state index in [0.29, 0.717) is 23.2 Å². The van der Waals surface area contributed by atoms with Crippen LogP contribution in [0.3, 0.4) is 0 Å². The average Bonchev–Trinajstić information content (AvgIpc) is 2.56. The second-order valence-electron chi connectivity index (χ2n) is 5.27. The Morgan fingerprint density at radius 3 is 2.46 bits per heavy atom. The van der Waals surface area contributed by atoms with Crippen molar-refractivity contribution in [2.24, 2.45) is 0 Å². The van der Waals surface area contributed by atoms with Crippen molar-refractivity contribution in [1.82, 2.24) is 0 Å². The molecule has 0 radical (unpaired) electrons. The number of hydrogen-bond donors (Lipinski definition) is 2. The van der Waals surface area contributed by atoms with Gasteiger partial charge in [-0.15, -0.1) is 0 Å². The van der Waals surface area contributed by atoms with Crippen LogP contribution >= 0.6 is 23.2 Å². The highest BCUT2D eigenvalue weighted by Gasteiger charge is 2.15. The first-order valence-corrected chi connectivity index (χ1v) is 8.36. The Bertz CT molecular complexity index is 689. The number of rotatable bonds is 8. The zero-order valence-corrected chi connectivity index (χ0v) is 14.8. The molecule has 0 spiro atoms. The Morgan fingerprint density at radius 2 is 1.88 bits per heavy atom. The molecule has 0 heterocycles. The van der Waals surface area contributed by atoms with Crippen LogP contribution in [0.4, 0.5) is 5.69 Å². The first kappa shape index (κ1) is 18.6. The van der Waals surface area contributed by atoms with E-state index >= 15 is 0 Å². The Labute approximate surface area is 151 Å². The van der Waals surface area contributed by atoms with Gasteiger partial charge >= 0.3 is 5.97 Å². The SMILES string of the molecule is CCO[C@@H](CC(=O)O)c1ccc(NCc2ccc(Cl)c(Cl)c2)cc1. The van der Waals surface area contributed by atoms with Gasteiger partial charge in [-0.1, -0.05) is 41.4 Å². The second-order valence-corrected chi connectivity index (χ2v) is 6.08. The van der Waals surface area contributed by atoms with Crippen LogP contribution in [0.1, 0.15) is 30.6 Å². The molecule has 2 N–H and O–H groups in total. The molecular weight excluding hydrogens is 349 g/mol. The number of carboxylic acid groups (broad SMARTS) is 1. The summed E-state index contributed by atoms with van der Waals surface area (Å²) in [5.74, 6) is -0.879. The van der Waals surface area contributed by atoms with Crippen LogP contribution in [0, 0.1) is 0 Å². The molecule has 0 aliphatic rings. The minimum Gasteiger partial charge on any atom is -0.481 e. The summed E-state index contributed by atoms with van der Waals surface area (Å²) < 4.78 is 5.50. The van der Waals surface area contributed by atoms with Crippen LogP contribution in [-0.4, -0.2) is 17.7 Å². The van der Waals surface area contributed by atoms with E-state index in [4.69, 9.17) is 33.0 Å². The van der Waals surface area contributed by atoms with Gasteiger partial charge in [0, 0.05) is 18.8 Å². The van der Waals surface area contributed by atoms with Gasteiger partial charge in [0.15, 0.2) is 0 Å². The Morgan fingerprint density at radius 1 is 1.17 bits per heavy atom. The maximum absolute atomic E-state index is 10.9. The molecule has 6 heteroatoms. The van der Waals surface area contributed by atoms with Gasteiger partial charge in [-0.3, -0.25) is 4.79 Å². The summed E-state index contributed by atoms with van der Waals surface area (Å²) in [6, 6.07) is 13.1. The minimum atomic E-state index is -0.879. The van der Waals surface area contributed by atoms with Crippen LogP contribution in [0.25, 0.3) is 0 Å². The van der Waals surface area contributed by atoms with Crippen molar-refractivity contribution in [3.05, 3.63) is 63.6 Å². The topological polar surface area (TPSA) is 58.6 Å². The fourth-order valence-corrected chi connectivity index (χ4v) is 2.62. The molecule has 0 aromatic heterocycles. The molecule has 0 aliphatic carbocycles. The van der Waals surface area contributed by atoms with Gasteiger partial charge in [-0.25, -0.2) is 0 Å². The van der Waals surface area contributed by atoms with Gasteiger partial charge in [-0.2, -0.15) is 0 Å². The van der Waals surface area contributed by atoms with Gasteiger partial charge in [0.1, 0.15) is 0 Å². The van der Waals surface area contributed by atoms with E-state index in [1.165, 1.54) is 0 Å². The van der Waals surface area contributed by atoms with E-state index in [9.17, 15) is 4.79 Å². The standard InChI is InChI=1S/C18H19Cl2NO3/c1-2-24-17(10-18(22)23)13-4-6-14(7-5-13)21-11-12-3-8-15(19)16(20)9-12/h3-9,17,21H,2,10-11H2,1H3,(H,22,23)/t17-/m0/s1. The second kappa shape index (κ2) is 8.92. The van der Waals surface area contributed by atoms with Gasteiger partial charge in [0.25, 0.3) is 0 Å². The molecular formula is C18H19Cl2NO3. The van der Waals surface area contributed by atoms with Crippen LogP contribution in [-0.2, 0) is 16.1 Å². The minimum absolute atomic E-state index is 0.0517. The van der Waals surface area contributed by atoms with E-state index in [2.05, 4.69) is 5.32 Å². The fourth-order valence-electron chi connectivity index (χ4n) is 2.30. The van der Waals surface area contributed by atoms with Crippen molar-refractivity contribution < 1.29 is 14.6 Å². The highest BCUT2D eigenvalue weighted by molar-refractivity contribution is 6.42. The normalized spacial score (nSPS) is 12.0. The van der Waals surface area contributed by atoms with Crippen LogP contribution in [0.15, 0.2) is 42.5 Å². The third-order valence-corrected chi connectivity index (χ3v) is 4.23. The number of anilines is 1. The Balaban J connectivity index is 2.00. The molecule has 128 valence electrons. The zero-order valence-electron chi connectivity index (χ0n) is 13.3. The van der Waals surface area contributed by atoms with Crippen molar-refractivity contribution in [3.63, 3.8) is 0 Å². The van der Waals surface area contributed by atoms with E-state index in [1.807, 2.05) is 43.3 Å². The lowest BCUT2D eigenvalue weighted by molar-refractivity contribution is -0.140. The predicted molar refractivity (Wildman–Crippen MR) is 96.9 cm³/mol. The van der Waals surface area contributed by atoms with Crippen molar-refractivity contribution in [2.45, 2.75) is 26.0 Å². The van der Waals surface area contributed by atoms with Gasteiger partial charge < -0.3 is 15.2 Å². The largest absolute Gasteiger partial charge is 0.481 e. The quantitative estimate of drug-likeness (QED) is 0.676. The smallest absolute Gasteiger partial charge is 0.306 e. The van der Waals surface area contributed by atoms with E-state index < -0.39 is 12.1 Å². The monoisotopic (exact) mass is 367 g/mol. The lowest BCUT2D eigenvalue weighted by atomic mass is 10.1. The fraction of sp³-hybridized carbons (Fsp3) is 0.278. The molecule has 0 amide bonds. The molecule has 0 saturated carbocycles. The number of aliphatic carboxylic acids is 1. The third-order valence-electron chi connectivity index (χ3n) is 3.49. The maximum atomic E-state index is 10.9. The number of carbonyl (C=O) groups is 1. The van der Waals surface area contributed by atoms with Crippen LogP contribution in [0.5, 0.6) is 0 Å². The molecule has 1 atom stereocenters. The lowest BCUT2D eigenvalue weighted by Gasteiger charge is -2.16. The number of carboxylic acids is 1. The summed E-state index contributed by atoms with van der Waals surface area (Å²) >= 11 is 11.9. The highest BCUT2D eigenvalue weighted by Crippen LogP contribution is 2.25. The summed E-state index contributed by atoms with van der Waals surface area (Å²) in [4.78, 5) is 10.9. The Hall–Kier alpha value is -1.75. The molecule has 2 aromatic rings. The van der Waals surface area contributed by atoms with Gasteiger partial charge in [0.2, 0.25) is 0 Å². The summed E-state index contributed by atoms with van der Waals surface area (Å²) in [7, 11) is 0. The summed E-state index contributed by atoms with van der Waals surface area (Å²) in [6.45, 7) is 2.93. The van der Waals surface area contributed by atoms with E-state index in [-0.39, 0.29) is 6.42 Å². The molecule has 2 rings (SSSR count). The molecule has 24 heavy (non-hydrogen) atoms. The highest BCUT2D eigenvalue weighted by atomic mass is 35.5. The van der Waals surface area contributed by atoms with Gasteiger partial charge in [0.05, 0.1) is 22.6 Å². The number of nitrogens with one attached hydrogen (secondary N) is 1. The van der Waals surface area contributed by atoms with Crippen LogP contribution < -0.4 is 5.32 Å². The third kappa shape index (κ3) is 5.41. The summed E-state index contributed by atoms with van der Waals surface area (Å²) in [5.41, 5.74) is 2.79. The number of halogens is 2. The predicted octanol–water partition coefficient (Wildman–Crippen LogP) is 5.16. The molecule has 4 nitrogen and oxygen atoms in total. The van der Waals surface area contributed by atoms with Crippen molar-refractivity contribution in [2.75, 3.05) is 11.9 Å². The first-order valence-electron chi connectivity index (χ1n) is 7.60. The average molecular weight is 368 g/mol. The van der Waals surface area contributed by atoms with Gasteiger partial charge in [-0.05, 0) is 42.3 Å². The molecule has 0 bridgehead atoms. The summed E-state index contributed by atoms with van der Waals surface area (Å²) in [5, 5.41) is 13.3. The number of hydrogen-bond acceptors (Lipinski definition) is 3. The zero-order chi connectivity index (χ0) is 17.5. The van der Waals surface area contributed by atoms with E-state index in [0.717, 1.165) is 16.8 Å². The number of ether oxygens (including phenoxy) is 1. The molecule has 0 fully saturated rings. The number of benzene rings is 2.